The van der Waals surface area contributed by atoms with Gasteiger partial charge in [-0.3, -0.25) is 4.79 Å². The summed E-state index contributed by atoms with van der Waals surface area (Å²) in [6.07, 6.45) is 4.70. The molecule has 1 heterocycles. The van der Waals surface area contributed by atoms with Crippen LogP contribution in [0, 0.1) is 5.92 Å². The van der Waals surface area contributed by atoms with Crippen molar-refractivity contribution >= 4 is 23.6 Å². The summed E-state index contributed by atoms with van der Waals surface area (Å²) in [5.41, 5.74) is 5.40. The minimum absolute atomic E-state index is 0.0170. The lowest BCUT2D eigenvalue weighted by molar-refractivity contribution is -0.118. The molecule has 0 radical (unpaired) electrons. The van der Waals surface area contributed by atoms with Gasteiger partial charge in [-0.2, -0.15) is 4.98 Å². The molecule has 1 rings (SSSR count). The number of carbonyl (C=O) groups excluding carboxylic acids is 1. The maximum Gasteiger partial charge on any atom is 0.230 e. The highest BCUT2D eigenvalue weighted by molar-refractivity contribution is 7.99. The molecule has 1 aromatic rings. The van der Waals surface area contributed by atoms with Crippen LogP contribution in [0.1, 0.15) is 39.5 Å². The number of anilines is 1. The molecule has 0 spiro atoms. The third kappa shape index (κ3) is 6.47. The minimum atomic E-state index is 0.0170. The zero-order chi connectivity index (χ0) is 14.1. The maximum absolute atomic E-state index is 11.7. The first kappa shape index (κ1) is 15.8. The Labute approximate surface area is 118 Å². The van der Waals surface area contributed by atoms with E-state index in [2.05, 4.69) is 34.3 Å². The van der Waals surface area contributed by atoms with Crippen LogP contribution in [-0.4, -0.2) is 33.4 Å². The molecule has 7 heteroatoms. The van der Waals surface area contributed by atoms with Crippen LogP contribution in [0.25, 0.3) is 0 Å². The normalized spacial score (nSPS) is 12.3. The fourth-order valence-electron chi connectivity index (χ4n) is 1.71. The number of nitrogen functional groups attached to an aromatic ring is 1. The third-order valence-electron chi connectivity index (χ3n) is 2.95. The van der Waals surface area contributed by atoms with Gasteiger partial charge >= 0.3 is 0 Å². The van der Waals surface area contributed by atoms with E-state index < -0.39 is 0 Å². The van der Waals surface area contributed by atoms with E-state index >= 15 is 0 Å². The zero-order valence-electron chi connectivity index (χ0n) is 11.6. The molecule has 0 fully saturated rings. The second-order valence-electron chi connectivity index (χ2n) is 4.51. The Morgan fingerprint density at radius 3 is 2.89 bits per heavy atom. The van der Waals surface area contributed by atoms with Crippen molar-refractivity contribution in [3.8, 4) is 0 Å². The Hall–Kier alpha value is -1.24. The van der Waals surface area contributed by atoms with Crippen molar-refractivity contribution in [2.45, 2.75) is 44.7 Å². The maximum atomic E-state index is 11.7. The number of amides is 1. The van der Waals surface area contributed by atoms with E-state index in [0.717, 1.165) is 13.0 Å². The molecular weight excluding hydrogens is 262 g/mol. The molecule has 0 aliphatic rings. The van der Waals surface area contributed by atoms with E-state index in [0.29, 0.717) is 16.8 Å². The summed E-state index contributed by atoms with van der Waals surface area (Å²) in [6.45, 7) is 5.11. The van der Waals surface area contributed by atoms with Gasteiger partial charge in [-0.1, -0.05) is 44.9 Å². The Bertz CT molecular complexity index is 382. The summed E-state index contributed by atoms with van der Waals surface area (Å²) in [4.78, 5) is 15.6. The lowest BCUT2D eigenvalue weighted by atomic mass is 9.99. The summed E-state index contributed by atoms with van der Waals surface area (Å²) in [5.74, 6) is 1.19. The number of carbonyl (C=O) groups is 1. The smallest absolute Gasteiger partial charge is 0.230 e. The molecule has 19 heavy (non-hydrogen) atoms. The van der Waals surface area contributed by atoms with Gasteiger partial charge in [0.1, 0.15) is 0 Å². The van der Waals surface area contributed by atoms with Gasteiger partial charge in [-0.05, 0) is 12.3 Å². The van der Waals surface area contributed by atoms with Crippen molar-refractivity contribution in [3.63, 3.8) is 0 Å². The number of rotatable bonds is 9. The van der Waals surface area contributed by atoms with Crippen molar-refractivity contribution in [3.05, 3.63) is 0 Å². The van der Waals surface area contributed by atoms with Gasteiger partial charge in [0.15, 0.2) is 0 Å². The largest absolute Gasteiger partial charge is 0.368 e. The van der Waals surface area contributed by atoms with Gasteiger partial charge in [0.25, 0.3) is 0 Å². The highest BCUT2D eigenvalue weighted by Gasteiger charge is 2.10. The van der Waals surface area contributed by atoms with Crippen LogP contribution < -0.4 is 11.1 Å². The molecule has 0 saturated heterocycles. The van der Waals surface area contributed by atoms with Crippen LogP contribution in [0.3, 0.4) is 0 Å². The van der Waals surface area contributed by atoms with Crippen LogP contribution in [-0.2, 0) is 4.79 Å². The van der Waals surface area contributed by atoms with Gasteiger partial charge in [0, 0.05) is 6.54 Å². The molecule has 0 saturated carbocycles. The van der Waals surface area contributed by atoms with Gasteiger partial charge < -0.3 is 11.1 Å². The first-order valence-corrected chi connectivity index (χ1v) is 7.71. The molecule has 1 amide bonds. The molecule has 0 bridgehead atoms. The first-order chi connectivity index (χ1) is 9.15. The van der Waals surface area contributed by atoms with Crippen LogP contribution in [0.5, 0.6) is 0 Å². The number of hydrogen-bond donors (Lipinski definition) is 3. The Morgan fingerprint density at radius 2 is 2.32 bits per heavy atom. The van der Waals surface area contributed by atoms with E-state index in [4.69, 9.17) is 5.73 Å². The van der Waals surface area contributed by atoms with Crippen molar-refractivity contribution in [1.29, 1.82) is 0 Å². The predicted molar refractivity (Wildman–Crippen MR) is 77.8 cm³/mol. The number of thioether (sulfide) groups is 1. The number of nitrogens with zero attached hydrogens (tertiary/aromatic N) is 2. The van der Waals surface area contributed by atoms with E-state index in [1.54, 1.807) is 0 Å². The quantitative estimate of drug-likeness (QED) is 0.601. The number of aromatic nitrogens is 3. The number of unbranched alkanes of at least 4 members (excludes halogenated alkanes) is 1. The molecular formula is C12H23N5OS. The summed E-state index contributed by atoms with van der Waals surface area (Å²) >= 11 is 1.28. The minimum Gasteiger partial charge on any atom is -0.368 e. The molecule has 6 nitrogen and oxygen atoms in total. The van der Waals surface area contributed by atoms with Gasteiger partial charge in [0.2, 0.25) is 17.0 Å². The predicted octanol–water partition coefficient (Wildman–Crippen LogP) is 1.81. The fraction of sp³-hybridized carbons (Fsp3) is 0.750. The second kappa shape index (κ2) is 8.79. The van der Waals surface area contributed by atoms with Crippen LogP contribution in [0.4, 0.5) is 5.95 Å². The lowest BCUT2D eigenvalue weighted by Crippen LogP contribution is -2.30. The molecule has 0 aliphatic carbocycles. The summed E-state index contributed by atoms with van der Waals surface area (Å²) < 4.78 is 0. The summed E-state index contributed by atoms with van der Waals surface area (Å²) in [5, 5.41) is 9.87. The van der Waals surface area contributed by atoms with Crippen molar-refractivity contribution < 1.29 is 4.79 Å². The molecule has 4 N–H and O–H groups in total. The van der Waals surface area contributed by atoms with E-state index in [-0.39, 0.29) is 11.9 Å². The van der Waals surface area contributed by atoms with Crippen molar-refractivity contribution in [2.75, 3.05) is 18.0 Å². The van der Waals surface area contributed by atoms with Crippen LogP contribution in [0.2, 0.25) is 0 Å². The Morgan fingerprint density at radius 1 is 1.53 bits per heavy atom. The fourth-order valence-corrected chi connectivity index (χ4v) is 2.34. The molecule has 0 aliphatic heterocycles. The number of aromatic amines is 1. The third-order valence-corrected chi connectivity index (χ3v) is 3.79. The topological polar surface area (TPSA) is 96.7 Å². The average Bonchev–Trinajstić information content (AvgIpc) is 2.82. The first-order valence-electron chi connectivity index (χ1n) is 6.73. The van der Waals surface area contributed by atoms with E-state index in [9.17, 15) is 4.79 Å². The highest BCUT2D eigenvalue weighted by Crippen LogP contribution is 2.13. The van der Waals surface area contributed by atoms with E-state index in [1.165, 1.54) is 31.0 Å². The van der Waals surface area contributed by atoms with Crippen LogP contribution >= 0.6 is 11.8 Å². The zero-order valence-corrected chi connectivity index (χ0v) is 12.4. The monoisotopic (exact) mass is 285 g/mol. The Kier molecular flexibility index (Phi) is 7.32. The SMILES string of the molecule is CCCC[C@@H](CC)CNC(=O)CSc1n[nH]c(N)n1. The standard InChI is InChI=1S/C12H23N5OS/c1-3-5-6-9(4-2)7-14-10(18)8-19-12-15-11(13)16-17-12/h9H,3-8H2,1-2H3,(H,14,18)(H3,13,15,16,17)/t9-/m1/s1. The number of H-pyrrole nitrogens is 1. The number of nitrogens with one attached hydrogen (secondary N) is 2. The summed E-state index contributed by atoms with van der Waals surface area (Å²) in [6, 6.07) is 0. The van der Waals surface area contributed by atoms with Gasteiger partial charge in [-0.15, -0.1) is 5.10 Å². The Balaban J connectivity index is 2.19. The molecule has 1 aromatic heterocycles. The lowest BCUT2D eigenvalue weighted by Gasteiger charge is -2.14. The van der Waals surface area contributed by atoms with Crippen molar-refractivity contribution in [1.82, 2.24) is 20.5 Å². The van der Waals surface area contributed by atoms with Crippen LogP contribution in [0.15, 0.2) is 5.16 Å². The van der Waals surface area contributed by atoms with E-state index in [1.807, 2.05) is 0 Å². The molecule has 1 atom stereocenters. The highest BCUT2D eigenvalue weighted by atomic mass is 32.2. The summed E-state index contributed by atoms with van der Waals surface area (Å²) in [7, 11) is 0. The van der Waals surface area contributed by atoms with Gasteiger partial charge in [-0.25, -0.2) is 5.10 Å². The molecule has 108 valence electrons. The van der Waals surface area contributed by atoms with Gasteiger partial charge in [0.05, 0.1) is 5.75 Å². The average molecular weight is 285 g/mol. The second-order valence-corrected chi connectivity index (χ2v) is 5.45. The van der Waals surface area contributed by atoms with Crippen molar-refractivity contribution in [2.24, 2.45) is 5.92 Å². The molecule has 0 unspecified atom stereocenters. The molecule has 0 aromatic carbocycles. The number of nitrogens with two attached hydrogens (primary N) is 1. The number of hydrogen-bond acceptors (Lipinski definition) is 5.